The summed E-state index contributed by atoms with van der Waals surface area (Å²) in [5.74, 6) is 0. The lowest BCUT2D eigenvalue weighted by molar-refractivity contribution is -0.460. The molecule has 0 aromatic heterocycles. The molecule has 0 bridgehead atoms. The first-order chi connectivity index (χ1) is 8.51. The maximum absolute atomic E-state index is 4.43. The first-order valence-corrected chi connectivity index (χ1v) is 6.20. The fourth-order valence-corrected chi connectivity index (χ4v) is 1.35. The van der Waals surface area contributed by atoms with E-state index in [-0.39, 0.29) is 0 Å². The first-order valence-electron chi connectivity index (χ1n) is 6.20. The summed E-state index contributed by atoms with van der Waals surface area (Å²) >= 11 is 0. The van der Waals surface area contributed by atoms with Gasteiger partial charge in [0.2, 0.25) is 0 Å². The van der Waals surface area contributed by atoms with E-state index in [9.17, 15) is 0 Å². The van der Waals surface area contributed by atoms with E-state index in [0.717, 1.165) is 36.4 Å². The third-order valence-electron chi connectivity index (χ3n) is 2.36. The van der Waals surface area contributed by atoms with E-state index < -0.39 is 0 Å². The van der Waals surface area contributed by atoms with Crippen LogP contribution in [0.15, 0.2) is 53.3 Å². The van der Waals surface area contributed by atoms with Crippen LogP contribution >= 0.6 is 0 Å². The molecule has 0 aromatic rings. The van der Waals surface area contributed by atoms with Gasteiger partial charge in [-0.1, -0.05) is 24.8 Å². The summed E-state index contributed by atoms with van der Waals surface area (Å²) in [5.41, 5.74) is 3.04. The van der Waals surface area contributed by atoms with Crippen molar-refractivity contribution in [3.8, 4) is 0 Å². The van der Waals surface area contributed by atoms with Gasteiger partial charge in [0.25, 0.3) is 0 Å². The predicted molar refractivity (Wildman–Crippen MR) is 82.5 cm³/mol. The van der Waals surface area contributed by atoms with Gasteiger partial charge in [0.1, 0.15) is 6.72 Å². The van der Waals surface area contributed by atoms with Crippen LogP contribution in [0.4, 0.5) is 0 Å². The number of hydrogen-bond donors (Lipinski definition) is 0. The molecule has 18 heavy (non-hydrogen) atoms. The molecule has 0 unspecified atom stereocenters. The van der Waals surface area contributed by atoms with Gasteiger partial charge in [-0.2, -0.15) is 0 Å². The maximum Gasteiger partial charge on any atom is 0.179 e. The fraction of sp³-hybridized carbons (Fsp3) is 0.375. The minimum atomic E-state index is 0.722. The maximum atomic E-state index is 4.43. The molecule has 0 spiro atoms. The fourth-order valence-electron chi connectivity index (χ4n) is 1.35. The van der Waals surface area contributed by atoms with Crippen LogP contribution in [0.1, 0.15) is 33.6 Å². The Labute approximate surface area is 111 Å². The van der Waals surface area contributed by atoms with Crippen LogP contribution in [0.3, 0.4) is 0 Å². The van der Waals surface area contributed by atoms with Crippen molar-refractivity contribution in [2.75, 3.05) is 6.54 Å². The van der Waals surface area contributed by atoms with Gasteiger partial charge < -0.3 is 0 Å². The molecule has 0 fully saturated rings. The van der Waals surface area contributed by atoms with Gasteiger partial charge in [-0.05, 0) is 32.9 Å². The Morgan fingerprint density at radius 1 is 1.28 bits per heavy atom. The highest BCUT2D eigenvalue weighted by molar-refractivity contribution is 5.61. The van der Waals surface area contributed by atoms with Crippen molar-refractivity contribution >= 4 is 12.9 Å². The van der Waals surface area contributed by atoms with Gasteiger partial charge in [-0.15, -0.1) is 0 Å². The molecular weight excluding hydrogens is 220 g/mol. The monoisotopic (exact) mass is 245 g/mol. The lowest BCUT2D eigenvalue weighted by atomic mass is 10.2. The second kappa shape index (κ2) is 9.34. The normalized spacial score (nSPS) is 12.3. The van der Waals surface area contributed by atoms with E-state index in [2.05, 4.69) is 30.9 Å². The number of nitrogens with zero attached hydrogens (tertiary/aromatic N) is 2. The summed E-state index contributed by atoms with van der Waals surface area (Å²) < 4.78 is 1.87. The molecule has 0 aliphatic rings. The zero-order valence-corrected chi connectivity index (χ0v) is 11.9. The predicted octanol–water partition coefficient (Wildman–Crippen LogP) is 4.12. The molecular formula is C16H25N2+. The van der Waals surface area contributed by atoms with Gasteiger partial charge in [0, 0.05) is 18.3 Å². The smallest absolute Gasteiger partial charge is 0.179 e. The highest BCUT2D eigenvalue weighted by Crippen LogP contribution is 2.12. The number of aliphatic imine (C=N–C) groups is 1. The summed E-state index contributed by atoms with van der Waals surface area (Å²) in [5, 5.41) is 0. The molecule has 0 aliphatic carbocycles. The molecule has 98 valence electrons. The number of allylic oxidation sites excluding steroid dienone is 3. The second-order valence-corrected chi connectivity index (χ2v) is 4.29. The highest BCUT2D eigenvalue weighted by atomic mass is 15.0. The third-order valence-corrected chi connectivity index (χ3v) is 2.36. The van der Waals surface area contributed by atoms with Crippen molar-refractivity contribution in [3.63, 3.8) is 0 Å². The molecule has 2 nitrogen and oxygen atoms in total. The Morgan fingerprint density at radius 3 is 2.44 bits per heavy atom. The molecule has 2 heteroatoms. The molecule has 0 rings (SSSR count). The number of hydrogen-bond acceptors (Lipinski definition) is 1. The van der Waals surface area contributed by atoms with E-state index in [4.69, 9.17) is 0 Å². The van der Waals surface area contributed by atoms with Crippen LogP contribution in [-0.4, -0.2) is 24.1 Å². The van der Waals surface area contributed by atoms with Crippen molar-refractivity contribution < 1.29 is 4.58 Å². The van der Waals surface area contributed by atoms with Crippen LogP contribution in [0.25, 0.3) is 0 Å². The zero-order valence-electron chi connectivity index (χ0n) is 11.9. The van der Waals surface area contributed by atoms with Crippen LogP contribution in [-0.2, 0) is 0 Å². The minimum Gasteiger partial charge on any atom is -0.265 e. The van der Waals surface area contributed by atoms with Crippen molar-refractivity contribution in [1.82, 2.24) is 0 Å². The Balaban J connectivity index is 4.38. The molecule has 0 aliphatic heterocycles. The zero-order chi connectivity index (χ0) is 14.0. The van der Waals surface area contributed by atoms with Gasteiger partial charge >= 0.3 is 0 Å². The average Bonchev–Trinajstić information content (AvgIpc) is 2.31. The molecule has 0 aromatic carbocycles. The quantitative estimate of drug-likeness (QED) is 0.347. The van der Waals surface area contributed by atoms with Crippen LogP contribution < -0.4 is 0 Å². The SMILES string of the molecule is C=C(C)C[N+](=C)C(=C)CC(=CC)N=CCC=CC. The van der Waals surface area contributed by atoms with E-state index in [0.29, 0.717) is 0 Å². The molecule has 0 atom stereocenters. The summed E-state index contributed by atoms with van der Waals surface area (Å²) in [7, 11) is 0. The van der Waals surface area contributed by atoms with Gasteiger partial charge in [-0.25, -0.2) is 4.58 Å². The summed E-state index contributed by atoms with van der Waals surface area (Å²) in [6.07, 6.45) is 9.59. The molecule has 0 N–H and O–H groups in total. The lowest BCUT2D eigenvalue weighted by Gasteiger charge is -2.04. The van der Waals surface area contributed by atoms with Crippen LogP contribution in [0.5, 0.6) is 0 Å². The van der Waals surface area contributed by atoms with Crippen LogP contribution in [0, 0.1) is 0 Å². The van der Waals surface area contributed by atoms with Crippen LogP contribution in [0.2, 0.25) is 0 Å². The molecule has 0 heterocycles. The lowest BCUT2D eigenvalue weighted by Crippen LogP contribution is -2.11. The van der Waals surface area contributed by atoms with Gasteiger partial charge in [0.15, 0.2) is 12.2 Å². The van der Waals surface area contributed by atoms with E-state index in [1.54, 1.807) is 0 Å². The Morgan fingerprint density at radius 2 is 1.94 bits per heavy atom. The van der Waals surface area contributed by atoms with Crippen molar-refractivity contribution in [1.29, 1.82) is 0 Å². The standard InChI is InChI=1S/C16H25N2/c1-7-9-10-11-17-16(8-2)12-15(5)18(6)13-14(3)4/h7-9,11H,3,5-6,10,12-13H2,1-2,4H3/q+1. The van der Waals surface area contributed by atoms with E-state index >= 15 is 0 Å². The first kappa shape index (κ1) is 16.3. The molecule has 0 saturated heterocycles. The minimum absolute atomic E-state index is 0.722. The highest BCUT2D eigenvalue weighted by Gasteiger charge is 2.09. The Kier molecular flexibility index (Phi) is 8.46. The van der Waals surface area contributed by atoms with E-state index in [1.807, 2.05) is 43.7 Å². The summed E-state index contributed by atoms with van der Waals surface area (Å²) in [6.45, 7) is 18.6. The molecule has 0 amide bonds. The van der Waals surface area contributed by atoms with Crippen molar-refractivity contribution in [2.45, 2.75) is 33.6 Å². The summed E-state index contributed by atoms with van der Waals surface area (Å²) in [6, 6.07) is 0. The van der Waals surface area contributed by atoms with E-state index in [1.165, 1.54) is 0 Å². The number of rotatable bonds is 8. The topological polar surface area (TPSA) is 15.4 Å². The largest absolute Gasteiger partial charge is 0.265 e. The molecule has 0 radical (unpaired) electrons. The van der Waals surface area contributed by atoms with Gasteiger partial charge in [-0.3, -0.25) is 4.99 Å². The molecule has 0 saturated carbocycles. The summed E-state index contributed by atoms with van der Waals surface area (Å²) in [4.78, 5) is 4.43. The van der Waals surface area contributed by atoms with Crippen molar-refractivity contribution in [2.24, 2.45) is 4.99 Å². The Hall–Kier alpha value is -1.70. The second-order valence-electron chi connectivity index (χ2n) is 4.29. The average molecular weight is 245 g/mol. The van der Waals surface area contributed by atoms with Gasteiger partial charge in [0.05, 0.1) is 6.42 Å². The van der Waals surface area contributed by atoms with Crippen molar-refractivity contribution in [3.05, 3.63) is 48.4 Å². The third kappa shape index (κ3) is 7.55. The Bertz CT molecular complexity index is 395.